The van der Waals surface area contributed by atoms with Gasteiger partial charge in [0, 0.05) is 42.1 Å². The molecular weight excluding hydrogens is 342 g/mol. The van der Waals surface area contributed by atoms with Crippen LogP contribution in [0.5, 0.6) is 0 Å². The quantitative estimate of drug-likeness (QED) is 0.534. The highest BCUT2D eigenvalue weighted by molar-refractivity contribution is 6.03. The summed E-state index contributed by atoms with van der Waals surface area (Å²) < 4.78 is 1.76. The molecule has 0 aliphatic rings. The SMILES string of the molecule is Cc1[nH]nc2c1c(=O)n(CCCNC(=O)c1ccncc1)c1ccccc21. The van der Waals surface area contributed by atoms with Crippen LogP contribution in [-0.2, 0) is 6.54 Å². The van der Waals surface area contributed by atoms with Crippen molar-refractivity contribution in [2.75, 3.05) is 6.54 Å². The molecule has 4 rings (SSSR count). The summed E-state index contributed by atoms with van der Waals surface area (Å²) in [6, 6.07) is 11.1. The lowest BCUT2D eigenvalue weighted by molar-refractivity contribution is 0.0952. The van der Waals surface area contributed by atoms with Gasteiger partial charge in [-0.25, -0.2) is 0 Å². The molecule has 0 unspecified atom stereocenters. The highest BCUT2D eigenvalue weighted by atomic mass is 16.1. The molecule has 27 heavy (non-hydrogen) atoms. The summed E-state index contributed by atoms with van der Waals surface area (Å²) in [7, 11) is 0. The second-order valence-corrected chi connectivity index (χ2v) is 6.39. The van der Waals surface area contributed by atoms with Gasteiger partial charge in [0.1, 0.15) is 5.52 Å². The van der Waals surface area contributed by atoms with E-state index in [0.717, 1.165) is 16.6 Å². The van der Waals surface area contributed by atoms with Gasteiger partial charge < -0.3 is 9.88 Å². The first-order valence-electron chi connectivity index (χ1n) is 8.81. The van der Waals surface area contributed by atoms with E-state index in [9.17, 15) is 9.59 Å². The van der Waals surface area contributed by atoms with E-state index >= 15 is 0 Å². The van der Waals surface area contributed by atoms with E-state index in [4.69, 9.17) is 0 Å². The zero-order valence-electron chi connectivity index (χ0n) is 14.9. The van der Waals surface area contributed by atoms with E-state index in [2.05, 4.69) is 20.5 Å². The summed E-state index contributed by atoms with van der Waals surface area (Å²) in [4.78, 5) is 29.0. The third kappa shape index (κ3) is 3.08. The number of fused-ring (bicyclic) bond motifs is 3. The summed E-state index contributed by atoms with van der Waals surface area (Å²) >= 11 is 0. The molecule has 0 spiro atoms. The highest BCUT2D eigenvalue weighted by Crippen LogP contribution is 2.22. The van der Waals surface area contributed by atoms with Gasteiger partial charge in [-0.3, -0.25) is 19.7 Å². The molecule has 0 bridgehead atoms. The van der Waals surface area contributed by atoms with Crippen molar-refractivity contribution in [2.24, 2.45) is 0 Å². The number of rotatable bonds is 5. The number of nitrogens with one attached hydrogen (secondary N) is 2. The fourth-order valence-corrected chi connectivity index (χ4v) is 3.31. The molecular formula is C20H19N5O2. The number of hydrogen-bond acceptors (Lipinski definition) is 4. The number of aromatic amines is 1. The number of para-hydroxylation sites is 1. The number of carbonyl (C=O) groups excluding carboxylic acids is 1. The van der Waals surface area contributed by atoms with Crippen molar-refractivity contribution < 1.29 is 4.79 Å². The van der Waals surface area contributed by atoms with Crippen molar-refractivity contribution in [3.63, 3.8) is 0 Å². The van der Waals surface area contributed by atoms with Crippen LogP contribution >= 0.6 is 0 Å². The summed E-state index contributed by atoms with van der Waals surface area (Å²) in [6.07, 6.45) is 3.81. The Kier molecular flexibility index (Phi) is 4.42. The molecule has 0 aliphatic carbocycles. The number of carbonyl (C=O) groups is 1. The van der Waals surface area contributed by atoms with Crippen LogP contribution in [0.15, 0.2) is 53.6 Å². The van der Waals surface area contributed by atoms with Crippen LogP contribution in [0.25, 0.3) is 21.8 Å². The van der Waals surface area contributed by atoms with E-state index in [-0.39, 0.29) is 11.5 Å². The van der Waals surface area contributed by atoms with Crippen LogP contribution in [0.4, 0.5) is 0 Å². The number of hydrogen-bond donors (Lipinski definition) is 2. The maximum atomic E-state index is 13.0. The third-order valence-electron chi connectivity index (χ3n) is 4.64. The predicted molar refractivity (Wildman–Crippen MR) is 104 cm³/mol. The Morgan fingerprint density at radius 3 is 2.78 bits per heavy atom. The molecule has 0 fully saturated rings. The van der Waals surface area contributed by atoms with Crippen LogP contribution in [0, 0.1) is 6.92 Å². The van der Waals surface area contributed by atoms with E-state index in [0.29, 0.717) is 36.0 Å². The Balaban J connectivity index is 1.56. The van der Waals surface area contributed by atoms with Crippen molar-refractivity contribution >= 4 is 27.7 Å². The van der Waals surface area contributed by atoms with Crippen LogP contribution in [0.1, 0.15) is 22.5 Å². The Hall–Kier alpha value is -3.48. The number of benzene rings is 1. The number of aryl methyl sites for hydroxylation is 2. The van der Waals surface area contributed by atoms with Crippen molar-refractivity contribution in [1.82, 2.24) is 25.1 Å². The summed E-state index contributed by atoms with van der Waals surface area (Å²) in [5, 5.41) is 11.7. The number of amides is 1. The molecule has 0 radical (unpaired) electrons. The van der Waals surface area contributed by atoms with Crippen LogP contribution < -0.4 is 10.9 Å². The normalized spacial score (nSPS) is 11.1. The fourth-order valence-electron chi connectivity index (χ4n) is 3.31. The Labute approximate surface area is 155 Å². The molecule has 136 valence electrons. The minimum Gasteiger partial charge on any atom is -0.352 e. The highest BCUT2D eigenvalue weighted by Gasteiger charge is 2.14. The van der Waals surface area contributed by atoms with Crippen LogP contribution in [0.3, 0.4) is 0 Å². The second-order valence-electron chi connectivity index (χ2n) is 6.39. The molecule has 4 aromatic rings. The van der Waals surface area contributed by atoms with Gasteiger partial charge in [0.25, 0.3) is 11.5 Å². The first-order valence-corrected chi connectivity index (χ1v) is 8.81. The van der Waals surface area contributed by atoms with Crippen molar-refractivity contribution in [3.8, 4) is 0 Å². The molecule has 3 aromatic heterocycles. The first kappa shape index (κ1) is 17.0. The molecule has 0 atom stereocenters. The smallest absolute Gasteiger partial charge is 0.262 e. The lowest BCUT2D eigenvalue weighted by Gasteiger charge is -2.11. The van der Waals surface area contributed by atoms with Gasteiger partial charge in [0.05, 0.1) is 10.9 Å². The summed E-state index contributed by atoms with van der Waals surface area (Å²) in [5.74, 6) is -0.143. The van der Waals surface area contributed by atoms with E-state index in [1.165, 1.54) is 0 Å². The Bertz CT molecular complexity index is 1180. The van der Waals surface area contributed by atoms with E-state index in [1.807, 2.05) is 31.2 Å². The van der Waals surface area contributed by atoms with Gasteiger partial charge in [0.2, 0.25) is 0 Å². The molecule has 1 aromatic carbocycles. The van der Waals surface area contributed by atoms with Gasteiger partial charge in [-0.05, 0) is 31.5 Å². The van der Waals surface area contributed by atoms with Gasteiger partial charge in [-0.2, -0.15) is 5.10 Å². The zero-order valence-corrected chi connectivity index (χ0v) is 14.9. The second kappa shape index (κ2) is 7.03. The van der Waals surface area contributed by atoms with Crippen molar-refractivity contribution in [3.05, 3.63) is 70.4 Å². The molecule has 2 N–H and O–H groups in total. The molecule has 1 amide bonds. The minimum absolute atomic E-state index is 0.0598. The third-order valence-corrected chi connectivity index (χ3v) is 4.64. The predicted octanol–water partition coefficient (Wildman–Crippen LogP) is 2.40. The Morgan fingerprint density at radius 1 is 1.19 bits per heavy atom. The number of nitrogens with zero attached hydrogens (tertiary/aromatic N) is 3. The topological polar surface area (TPSA) is 92.7 Å². The average Bonchev–Trinajstić information content (AvgIpc) is 3.10. The monoisotopic (exact) mass is 361 g/mol. The van der Waals surface area contributed by atoms with Gasteiger partial charge >= 0.3 is 0 Å². The first-order chi connectivity index (χ1) is 13.2. The standard InChI is InChI=1S/C20H19N5O2/c1-13-17-18(24-23-13)15-5-2-3-6-16(15)25(20(17)27)12-4-9-22-19(26)14-7-10-21-11-8-14/h2-3,5-8,10-11H,4,9,12H2,1H3,(H,22,26)(H,23,24). The largest absolute Gasteiger partial charge is 0.352 e. The lowest BCUT2D eigenvalue weighted by atomic mass is 10.1. The van der Waals surface area contributed by atoms with Crippen LogP contribution in [0.2, 0.25) is 0 Å². The number of aromatic nitrogens is 4. The Morgan fingerprint density at radius 2 is 1.96 bits per heavy atom. The fraction of sp³-hybridized carbons (Fsp3) is 0.200. The summed E-state index contributed by atoms with van der Waals surface area (Å²) in [5.41, 5.74) is 2.83. The maximum absolute atomic E-state index is 13.0. The molecule has 7 heteroatoms. The minimum atomic E-state index is -0.143. The lowest BCUT2D eigenvalue weighted by Crippen LogP contribution is -2.27. The maximum Gasteiger partial charge on any atom is 0.262 e. The average molecular weight is 361 g/mol. The van der Waals surface area contributed by atoms with Crippen molar-refractivity contribution in [2.45, 2.75) is 19.9 Å². The number of pyridine rings is 2. The van der Waals surface area contributed by atoms with E-state index < -0.39 is 0 Å². The summed E-state index contributed by atoms with van der Waals surface area (Å²) in [6.45, 7) is 2.84. The van der Waals surface area contributed by atoms with Gasteiger partial charge in [-0.15, -0.1) is 0 Å². The van der Waals surface area contributed by atoms with Crippen molar-refractivity contribution in [1.29, 1.82) is 0 Å². The molecule has 0 aliphatic heterocycles. The van der Waals surface area contributed by atoms with Gasteiger partial charge in [-0.1, -0.05) is 18.2 Å². The zero-order chi connectivity index (χ0) is 18.8. The number of H-pyrrole nitrogens is 1. The molecule has 3 heterocycles. The van der Waals surface area contributed by atoms with E-state index in [1.54, 1.807) is 29.1 Å². The molecule has 7 nitrogen and oxygen atoms in total. The molecule has 0 saturated heterocycles. The molecule has 0 saturated carbocycles. The van der Waals surface area contributed by atoms with Crippen LogP contribution in [-0.4, -0.2) is 32.2 Å². The van der Waals surface area contributed by atoms with Gasteiger partial charge in [0.15, 0.2) is 0 Å².